The third-order valence-electron chi connectivity index (χ3n) is 3.68. The first-order valence-electron chi connectivity index (χ1n) is 8.44. The minimum absolute atomic E-state index is 0.321. The van der Waals surface area contributed by atoms with Gasteiger partial charge in [0.15, 0.2) is 11.5 Å². The van der Waals surface area contributed by atoms with Crippen LogP contribution in [-0.2, 0) is 16.1 Å². The Kier molecular flexibility index (Phi) is 8.13. The predicted octanol–water partition coefficient (Wildman–Crippen LogP) is 4.31. The van der Waals surface area contributed by atoms with Gasteiger partial charge in [0.05, 0.1) is 6.61 Å². The van der Waals surface area contributed by atoms with Crippen molar-refractivity contribution in [3.8, 4) is 11.5 Å². The van der Waals surface area contributed by atoms with Crippen molar-refractivity contribution in [1.82, 2.24) is 0 Å². The van der Waals surface area contributed by atoms with Crippen molar-refractivity contribution in [2.24, 2.45) is 0 Å². The zero-order chi connectivity index (χ0) is 15.5. The molecule has 0 N–H and O–H groups in total. The number of fused-ring (bicyclic) bond motifs is 1. The number of ether oxygens (including phenoxy) is 4. The molecule has 0 atom stereocenters. The Labute approximate surface area is 133 Å². The van der Waals surface area contributed by atoms with E-state index in [0.717, 1.165) is 49.7 Å². The smallest absolute Gasteiger partial charge is 0.231 e. The molecule has 1 heterocycles. The topological polar surface area (TPSA) is 36.9 Å². The van der Waals surface area contributed by atoms with Crippen molar-refractivity contribution >= 4 is 0 Å². The van der Waals surface area contributed by atoms with Gasteiger partial charge in [-0.25, -0.2) is 0 Å². The van der Waals surface area contributed by atoms with Gasteiger partial charge in [0.2, 0.25) is 6.79 Å². The maximum atomic E-state index is 5.71. The second kappa shape index (κ2) is 10.5. The molecule has 124 valence electrons. The van der Waals surface area contributed by atoms with E-state index in [9.17, 15) is 0 Å². The Morgan fingerprint density at radius 3 is 2.41 bits per heavy atom. The van der Waals surface area contributed by atoms with Gasteiger partial charge in [0.25, 0.3) is 0 Å². The molecule has 0 saturated heterocycles. The maximum absolute atomic E-state index is 5.71. The Morgan fingerprint density at radius 2 is 1.59 bits per heavy atom. The summed E-state index contributed by atoms with van der Waals surface area (Å²) in [5.41, 5.74) is 1.13. The van der Waals surface area contributed by atoms with Crippen LogP contribution in [0.2, 0.25) is 0 Å². The molecular formula is C18H28O4. The zero-order valence-electron chi connectivity index (χ0n) is 13.6. The van der Waals surface area contributed by atoms with Crippen LogP contribution in [0, 0.1) is 0 Å². The molecular weight excluding hydrogens is 280 g/mol. The van der Waals surface area contributed by atoms with Crippen LogP contribution in [0.15, 0.2) is 18.2 Å². The second-order valence-electron chi connectivity index (χ2n) is 5.62. The molecule has 4 heteroatoms. The SMILES string of the molecule is CCCCOCCCCCCOCc1ccc2c(c1)OCO2. The van der Waals surface area contributed by atoms with Crippen LogP contribution < -0.4 is 9.47 Å². The minimum atomic E-state index is 0.321. The van der Waals surface area contributed by atoms with Gasteiger partial charge in [-0.3, -0.25) is 0 Å². The molecule has 1 aliphatic rings. The third kappa shape index (κ3) is 6.24. The maximum Gasteiger partial charge on any atom is 0.231 e. The number of hydrogen-bond acceptors (Lipinski definition) is 4. The van der Waals surface area contributed by atoms with E-state index in [4.69, 9.17) is 18.9 Å². The molecule has 22 heavy (non-hydrogen) atoms. The minimum Gasteiger partial charge on any atom is -0.454 e. The molecule has 1 aromatic carbocycles. The molecule has 2 rings (SSSR count). The lowest BCUT2D eigenvalue weighted by atomic mass is 10.2. The lowest BCUT2D eigenvalue weighted by Gasteiger charge is -2.06. The van der Waals surface area contributed by atoms with E-state index in [0.29, 0.717) is 13.4 Å². The van der Waals surface area contributed by atoms with Gasteiger partial charge < -0.3 is 18.9 Å². The summed E-state index contributed by atoms with van der Waals surface area (Å²) >= 11 is 0. The Hall–Kier alpha value is -1.26. The zero-order valence-corrected chi connectivity index (χ0v) is 13.6. The van der Waals surface area contributed by atoms with Crippen molar-refractivity contribution in [1.29, 1.82) is 0 Å². The van der Waals surface area contributed by atoms with Gasteiger partial charge in [-0.2, -0.15) is 0 Å². The number of unbranched alkanes of at least 4 members (excludes halogenated alkanes) is 4. The first-order valence-corrected chi connectivity index (χ1v) is 8.44. The lowest BCUT2D eigenvalue weighted by Crippen LogP contribution is -1.98. The fourth-order valence-corrected chi connectivity index (χ4v) is 2.33. The van der Waals surface area contributed by atoms with Gasteiger partial charge >= 0.3 is 0 Å². The number of benzene rings is 1. The monoisotopic (exact) mass is 308 g/mol. The summed E-state index contributed by atoms with van der Waals surface area (Å²) in [6.07, 6.45) is 7.08. The van der Waals surface area contributed by atoms with Gasteiger partial charge in [-0.15, -0.1) is 0 Å². The highest BCUT2D eigenvalue weighted by molar-refractivity contribution is 5.44. The summed E-state index contributed by atoms with van der Waals surface area (Å²) in [4.78, 5) is 0. The summed E-state index contributed by atoms with van der Waals surface area (Å²) in [7, 11) is 0. The standard InChI is InChI=1S/C18H28O4/c1-2-3-10-19-11-6-4-5-7-12-20-14-16-8-9-17-18(13-16)22-15-21-17/h8-9,13H,2-7,10-12,14-15H2,1H3. The molecule has 0 saturated carbocycles. The van der Waals surface area contributed by atoms with E-state index in [2.05, 4.69) is 6.92 Å². The van der Waals surface area contributed by atoms with Gasteiger partial charge in [-0.05, 0) is 37.0 Å². The van der Waals surface area contributed by atoms with Crippen LogP contribution in [0.1, 0.15) is 51.0 Å². The quantitative estimate of drug-likeness (QED) is 0.539. The molecule has 0 unspecified atom stereocenters. The van der Waals surface area contributed by atoms with Crippen LogP contribution in [0.5, 0.6) is 11.5 Å². The normalized spacial score (nSPS) is 12.8. The summed E-state index contributed by atoms with van der Waals surface area (Å²) in [5.74, 6) is 1.65. The highest BCUT2D eigenvalue weighted by atomic mass is 16.7. The van der Waals surface area contributed by atoms with Crippen LogP contribution in [0.25, 0.3) is 0 Å². The summed E-state index contributed by atoms with van der Waals surface area (Å²) in [6, 6.07) is 5.97. The summed E-state index contributed by atoms with van der Waals surface area (Å²) < 4.78 is 21.9. The fraction of sp³-hybridized carbons (Fsp3) is 0.667. The van der Waals surface area contributed by atoms with E-state index in [1.807, 2.05) is 18.2 Å². The average molecular weight is 308 g/mol. The Balaban J connectivity index is 1.43. The largest absolute Gasteiger partial charge is 0.454 e. The van der Waals surface area contributed by atoms with Crippen molar-refractivity contribution in [3.63, 3.8) is 0 Å². The fourth-order valence-electron chi connectivity index (χ4n) is 2.33. The summed E-state index contributed by atoms with van der Waals surface area (Å²) in [6.45, 7) is 5.77. The Morgan fingerprint density at radius 1 is 0.864 bits per heavy atom. The molecule has 4 nitrogen and oxygen atoms in total. The Bertz CT molecular complexity index is 420. The molecule has 0 bridgehead atoms. The van der Waals surface area contributed by atoms with Crippen molar-refractivity contribution in [2.75, 3.05) is 26.6 Å². The number of hydrogen-bond donors (Lipinski definition) is 0. The van der Waals surface area contributed by atoms with Crippen LogP contribution in [0.3, 0.4) is 0 Å². The highest BCUT2D eigenvalue weighted by Crippen LogP contribution is 2.32. The van der Waals surface area contributed by atoms with Crippen molar-refractivity contribution in [2.45, 2.75) is 52.1 Å². The van der Waals surface area contributed by atoms with E-state index in [1.165, 1.54) is 25.7 Å². The molecule has 0 aliphatic carbocycles. The molecule has 1 aliphatic heterocycles. The first-order chi connectivity index (χ1) is 10.9. The molecule has 0 amide bonds. The van der Waals surface area contributed by atoms with E-state index in [-0.39, 0.29) is 0 Å². The molecule has 0 radical (unpaired) electrons. The van der Waals surface area contributed by atoms with Gasteiger partial charge in [0, 0.05) is 19.8 Å². The molecule has 0 fully saturated rings. The highest BCUT2D eigenvalue weighted by Gasteiger charge is 2.12. The van der Waals surface area contributed by atoms with E-state index < -0.39 is 0 Å². The second-order valence-corrected chi connectivity index (χ2v) is 5.62. The molecule has 1 aromatic rings. The van der Waals surface area contributed by atoms with Crippen molar-refractivity contribution < 1.29 is 18.9 Å². The number of rotatable bonds is 12. The van der Waals surface area contributed by atoms with Gasteiger partial charge in [0.1, 0.15) is 0 Å². The van der Waals surface area contributed by atoms with Crippen LogP contribution in [-0.4, -0.2) is 26.6 Å². The lowest BCUT2D eigenvalue weighted by molar-refractivity contribution is 0.112. The van der Waals surface area contributed by atoms with E-state index >= 15 is 0 Å². The van der Waals surface area contributed by atoms with E-state index in [1.54, 1.807) is 0 Å². The van der Waals surface area contributed by atoms with Crippen LogP contribution >= 0.6 is 0 Å². The molecule has 0 spiro atoms. The first kappa shape index (κ1) is 17.1. The van der Waals surface area contributed by atoms with Crippen LogP contribution in [0.4, 0.5) is 0 Å². The molecule has 0 aromatic heterocycles. The summed E-state index contributed by atoms with van der Waals surface area (Å²) in [5, 5.41) is 0. The van der Waals surface area contributed by atoms with Crippen molar-refractivity contribution in [3.05, 3.63) is 23.8 Å². The van der Waals surface area contributed by atoms with Gasteiger partial charge in [-0.1, -0.05) is 32.3 Å². The third-order valence-corrected chi connectivity index (χ3v) is 3.68. The predicted molar refractivity (Wildman–Crippen MR) is 86.4 cm³/mol. The average Bonchev–Trinajstić information content (AvgIpc) is 3.00.